The molecule has 3 nitrogen and oxygen atoms in total. The van der Waals surface area contributed by atoms with Gasteiger partial charge in [-0.1, -0.05) is 0 Å². The number of halogens is 1. The summed E-state index contributed by atoms with van der Waals surface area (Å²) in [6.45, 7) is 3.74. The number of nitrogens with one attached hydrogen (secondary N) is 1. The molecule has 0 fully saturated rings. The largest absolute Gasteiger partial charge is 0.311 e. The third-order valence-electron chi connectivity index (χ3n) is 2.57. The van der Waals surface area contributed by atoms with Crippen LogP contribution in [-0.4, -0.2) is 27.0 Å². The van der Waals surface area contributed by atoms with E-state index in [1.807, 2.05) is 13.0 Å². The third kappa shape index (κ3) is 3.06. The van der Waals surface area contributed by atoms with Gasteiger partial charge in [0.2, 0.25) is 0 Å². The van der Waals surface area contributed by atoms with Crippen LogP contribution < -0.4 is 5.32 Å². The maximum atomic E-state index is 11.6. The molecule has 0 saturated carbocycles. The summed E-state index contributed by atoms with van der Waals surface area (Å²) in [5.74, 6) is 0. The lowest BCUT2D eigenvalue weighted by Crippen LogP contribution is -2.32. The summed E-state index contributed by atoms with van der Waals surface area (Å²) in [5, 5.41) is 2.64. The minimum atomic E-state index is -3.05. The maximum Gasteiger partial charge on any atom is 0.151 e. The summed E-state index contributed by atoms with van der Waals surface area (Å²) in [5.41, 5.74) is 0. The minimum absolute atomic E-state index is 0.164. The molecule has 1 aromatic heterocycles. The highest BCUT2D eigenvalue weighted by atomic mass is 79.9. The predicted octanol–water partition coefficient (Wildman–Crippen LogP) is 2.51. The van der Waals surface area contributed by atoms with E-state index in [0.29, 0.717) is 0 Å². The van der Waals surface area contributed by atoms with E-state index in [-0.39, 0.29) is 6.04 Å². The van der Waals surface area contributed by atoms with Gasteiger partial charge in [-0.15, -0.1) is 11.3 Å². The van der Waals surface area contributed by atoms with Crippen molar-refractivity contribution in [3.8, 4) is 0 Å². The Morgan fingerprint density at radius 3 is 2.38 bits per heavy atom. The standard InChI is InChI=1S/C10H16BrNO2S2/c1-6-5-8(11)10(15-6)9(12-3)7(2)16(4,13)14/h5,7,9,12H,1-4H3. The highest BCUT2D eigenvalue weighted by molar-refractivity contribution is 9.10. The van der Waals surface area contributed by atoms with E-state index < -0.39 is 15.1 Å². The molecule has 0 aromatic carbocycles. The van der Waals surface area contributed by atoms with Crippen LogP contribution in [-0.2, 0) is 9.84 Å². The molecule has 0 amide bonds. The molecule has 2 unspecified atom stereocenters. The van der Waals surface area contributed by atoms with Gasteiger partial charge < -0.3 is 5.32 Å². The molecule has 0 saturated heterocycles. The van der Waals surface area contributed by atoms with Crippen LogP contribution in [0, 0.1) is 6.92 Å². The molecule has 0 spiro atoms. The zero-order valence-electron chi connectivity index (χ0n) is 9.74. The van der Waals surface area contributed by atoms with Gasteiger partial charge in [0, 0.05) is 20.5 Å². The molecular formula is C10H16BrNO2S2. The van der Waals surface area contributed by atoms with Crippen LogP contribution in [0.15, 0.2) is 10.5 Å². The summed E-state index contributed by atoms with van der Waals surface area (Å²) < 4.78 is 24.1. The van der Waals surface area contributed by atoms with Crippen molar-refractivity contribution in [3.63, 3.8) is 0 Å². The molecular weight excluding hydrogens is 310 g/mol. The summed E-state index contributed by atoms with van der Waals surface area (Å²) in [4.78, 5) is 2.21. The van der Waals surface area contributed by atoms with Crippen LogP contribution in [0.4, 0.5) is 0 Å². The molecule has 0 aliphatic heterocycles. The van der Waals surface area contributed by atoms with Gasteiger partial charge >= 0.3 is 0 Å². The van der Waals surface area contributed by atoms with Gasteiger partial charge in [0.25, 0.3) is 0 Å². The molecule has 1 N–H and O–H groups in total. The summed E-state index contributed by atoms with van der Waals surface area (Å²) in [6, 6.07) is 1.85. The van der Waals surface area contributed by atoms with Crippen LogP contribution in [0.25, 0.3) is 0 Å². The Hall–Kier alpha value is 0.0900. The normalized spacial score (nSPS) is 16.1. The number of hydrogen-bond donors (Lipinski definition) is 1. The molecule has 6 heteroatoms. The number of rotatable bonds is 4. The lowest BCUT2D eigenvalue weighted by atomic mass is 10.2. The molecule has 1 heterocycles. The van der Waals surface area contributed by atoms with E-state index in [1.165, 1.54) is 11.1 Å². The molecule has 0 radical (unpaired) electrons. The summed E-state index contributed by atoms with van der Waals surface area (Å²) >= 11 is 5.09. The zero-order chi connectivity index (χ0) is 12.5. The molecule has 0 aliphatic carbocycles. The first-order valence-electron chi connectivity index (χ1n) is 4.89. The van der Waals surface area contributed by atoms with Gasteiger partial charge in [0.05, 0.1) is 11.3 Å². The van der Waals surface area contributed by atoms with E-state index in [4.69, 9.17) is 0 Å². The van der Waals surface area contributed by atoms with E-state index in [1.54, 1.807) is 25.3 Å². The van der Waals surface area contributed by atoms with Crippen molar-refractivity contribution < 1.29 is 8.42 Å². The third-order valence-corrected chi connectivity index (χ3v) is 6.25. The van der Waals surface area contributed by atoms with Gasteiger partial charge in [0.1, 0.15) is 0 Å². The molecule has 1 aromatic rings. The highest BCUT2D eigenvalue weighted by Gasteiger charge is 2.28. The average molecular weight is 326 g/mol. The second kappa shape index (κ2) is 5.16. The van der Waals surface area contributed by atoms with Crippen molar-refractivity contribution >= 4 is 37.1 Å². The topological polar surface area (TPSA) is 46.2 Å². The number of hydrogen-bond acceptors (Lipinski definition) is 4. The summed E-state index contributed by atoms with van der Waals surface area (Å²) in [6.07, 6.45) is 1.27. The van der Waals surface area contributed by atoms with Gasteiger partial charge in [-0.3, -0.25) is 0 Å². The second-order valence-electron chi connectivity index (χ2n) is 3.87. The Morgan fingerprint density at radius 2 is 2.06 bits per heavy atom. The molecule has 0 bridgehead atoms. The number of sulfone groups is 1. The Balaban J connectivity index is 3.13. The smallest absolute Gasteiger partial charge is 0.151 e. The van der Waals surface area contributed by atoms with Crippen LogP contribution in [0.2, 0.25) is 0 Å². The number of thiophene rings is 1. The van der Waals surface area contributed by atoms with Crippen molar-refractivity contribution in [3.05, 3.63) is 20.3 Å². The van der Waals surface area contributed by atoms with Crippen LogP contribution in [0.3, 0.4) is 0 Å². The van der Waals surface area contributed by atoms with Crippen LogP contribution >= 0.6 is 27.3 Å². The molecule has 0 aliphatic rings. The van der Waals surface area contributed by atoms with Gasteiger partial charge in [-0.2, -0.15) is 0 Å². The van der Waals surface area contributed by atoms with Crippen LogP contribution in [0.5, 0.6) is 0 Å². The lowest BCUT2D eigenvalue weighted by molar-refractivity contribution is 0.539. The van der Waals surface area contributed by atoms with Gasteiger partial charge in [-0.25, -0.2) is 8.42 Å². The van der Waals surface area contributed by atoms with Crippen LogP contribution in [0.1, 0.15) is 22.7 Å². The molecule has 16 heavy (non-hydrogen) atoms. The van der Waals surface area contributed by atoms with Gasteiger partial charge in [-0.05, 0) is 42.9 Å². The zero-order valence-corrected chi connectivity index (χ0v) is 13.0. The first-order chi connectivity index (χ1) is 7.27. The minimum Gasteiger partial charge on any atom is -0.311 e. The molecule has 1 rings (SSSR count). The fraction of sp³-hybridized carbons (Fsp3) is 0.600. The molecule has 92 valence electrons. The maximum absolute atomic E-state index is 11.6. The monoisotopic (exact) mass is 325 g/mol. The van der Waals surface area contributed by atoms with Gasteiger partial charge in [0.15, 0.2) is 9.84 Å². The number of aryl methyl sites for hydroxylation is 1. The first-order valence-corrected chi connectivity index (χ1v) is 8.45. The Morgan fingerprint density at radius 1 is 1.50 bits per heavy atom. The summed E-state index contributed by atoms with van der Waals surface area (Å²) in [7, 11) is -1.26. The van der Waals surface area contributed by atoms with E-state index in [2.05, 4.69) is 21.2 Å². The van der Waals surface area contributed by atoms with Crippen molar-refractivity contribution in [2.24, 2.45) is 0 Å². The average Bonchev–Trinajstić information content (AvgIpc) is 2.45. The predicted molar refractivity (Wildman–Crippen MR) is 72.9 cm³/mol. The fourth-order valence-corrected chi connectivity index (χ4v) is 4.51. The SMILES string of the molecule is CNC(c1sc(C)cc1Br)C(C)S(C)(=O)=O. The fourth-order valence-electron chi connectivity index (χ4n) is 1.54. The van der Waals surface area contributed by atoms with E-state index in [0.717, 1.165) is 9.35 Å². The first kappa shape index (κ1) is 14.2. The Labute approximate surface area is 109 Å². The lowest BCUT2D eigenvalue weighted by Gasteiger charge is -2.21. The van der Waals surface area contributed by atoms with Crippen molar-refractivity contribution in [2.75, 3.05) is 13.3 Å². The highest BCUT2D eigenvalue weighted by Crippen LogP contribution is 2.35. The van der Waals surface area contributed by atoms with Crippen molar-refractivity contribution in [1.82, 2.24) is 5.32 Å². The van der Waals surface area contributed by atoms with E-state index >= 15 is 0 Å². The quantitative estimate of drug-likeness (QED) is 0.925. The Kier molecular flexibility index (Phi) is 4.57. The molecule has 2 atom stereocenters. The van der Waals surface area contributed by atoms with E-state index in [9.17, 15) is 8.42 Å². The van der Waals surface area contributed by atoms with Crippen molar-refractivity contribution in [2.45, 2.75) is 25.1 Å². The Bertz CT molecular complexity index is 467. The second-order valence-corrected chi connectivity index (χ2v) is 8.42. The van der Waals surface area contributed by atoms with Crippen molar-refractivity contribution in [1.29, 1.82) is 0 Å².